The summed E-state index contributed by atoms with van der Waals surface area (Å²) in [5, 5.41) is 4.17. The van der Waals surface area contributed by atoms with Gasteiger partial charge in [-0.15, -0.1) is 0 Å². The van der Waals surface area contributed by atoms with Gasteiger partial charge in [0.25, 0.3) is 0 Å². The number of hydrogen-bond donors (Lipinski definition) is 1. The summed E-state index contributed by atoms with van der Waals surface area (Å²) in [5.41, 5.74) is 2.51. The highest BCUT2D eigenvalue weighted by Gasteiger charge is 2.05. The molecule has 0 radical (unpaired) electrons. The van der Waals surface area contributed by atoms with Crippen molar-refractivity contribution in [3.63, 3.8) is 0 Å². The maximum atomic E-state index is 6.12. The largest absolute Gasteiger partial charge is 0.495 e. The first-order valence-electron chi connectivity index (χ1n) is 6.79. The van der Waals surface area contributed by atoms with Crippen molar-refractivity contribution in [3.05, 3.63) is 64.7 Å². The number of benzene rings is 2. The lowest BCUT2D eigenvalue weighted by Gasteiger charge is -2.14. The van der Waals surface area contributed by atoms with E-state index < -0.39 is 0 Å². The Morgan fingerprint density at radius 2 is 1.85 bits per heavy atom. The van der Waals surface area contributed by atoms with Gasteiger partial charge in [-0.1, -0.05) is 48.0 Å². The molecule has 2 nitrogen and oxygen atoms in total. The van der Waals surface area contributed by atoms with Gasteiger partial charge in [-0.05, 0) is 36.6 Å². The quantitative estimate of drug-likeness (QED) is 0.865. The van der Waals surface area contributed by atoms with E-state index in [4.69, 9.17) is 16.3 Å². The zero-order chi connectivity index (χ0) is 14.4. The van der Waals surface area contributed by atoms with E-state index in [-0.39, 0.29) is 0 Å². The van der Waals surface area contributed by atoms with Crippen LogP contribution >= 0.6 is 11.6 Å². The fourth-order valence-corrected chi connectivity index (χ4v) is 2.43. The van der Waals surface area contributed by atoms with Crippen molar-refractivity contribution >= 4 is 11.6 Å². The van der Waals surface area contributed by atoms with Crippen LogP contribution in [0.2, 0.25) is 5.02 Å². The van der Waals surface area contributed by atoms with E-state index in [0.29, 0.717) is 16.8 Å². The van der Waals surface area contributed by atoms with Crippen LogP contribution in [0.1, 0.15) is 18.1 Å². The van der Waals surface area contributed by atoms with Crippen LogP contribution in [-0.4, -0.2) is 13.2 Å². The van der Waals surface area contributed by atoms with Crippen LogP contribution in [0, 0.1) is 0 Å². The molecule has 0 spiro atoms. The van der Waals surface area contributed by atoms with E-state index in [9.17, 15) is 0 Å². The molecule has 0 aliphatic carbocycles. The third-order valence-electron chi connectivity index (χ3n) is 3.26. The topological polar surface area (TPSA) is 21.3 Å². The molecule has 106 valence electrons. The Balaban J connectivity index is 1.87. The lowest BCUT2D eigenvalue weighted by Crippen LogP contribution is -2.27. The van der Waals surface area contributed by atoms with Gasteiger partial charge in [0.05, 0.1) is 12.1 Å². The van der Waals surface area contributed by atoms with Crippen LogP contribution < -0.4 is 10.1 Å². The van der Waals surface area contributed by atoms with Crippen molar-refractivity contribution in [2.45, 2.75) is 25.9 Å². The van der Waals surface area contributed by atoms with Crippen LogP contribution in [0.5, 0.6) is 5.75 Å². The Kier molecular flexibility index (Phi) is 5.45. The number of halogens is 1. The molecule has 0 amide bonds. The fourth-order valence-electron chi connectivity index (χ4n) is 2.15. The summed E-state index contributed by atoms with van der Waals surface area (Å²) in [6, 6.07) is 16.8. The highest BCUT2D eigenvalue weighted by molar-refractivity contribution is 6.32. The molecule has 3 heteroatoms. The lowest BCUT2D eigenvalue weighted by atomic mass is 10.1. The summed E-state index contributed by atoms with van der Waals surface area (Å²) in [5.74, 6) is 0.716. The second-order valence-electron chi connectivity index (χ2n) is 4.94. The number of hydrogen-bond acceptors (Lipinski definition) is 2. The van der Waals surface area contributed by atoms with Crippen molar-refractivity contribution in [1.29, 1.82) is 0 Å². The third kappa shape index (κ3) is 4.26. The molecule has 0 aliphatic heterocycles. The van der Waals surface area contributed by atoms with E-state index in [2.05, 4.69) is 36.5 Å². The third-order valence-corrected chi connectivity index (χ3v) is 3.55. The Hall–Kier alpha value is -1.51. The maximum absolute atomic E-state index is 6.12. The molecule has 1 atom stereocenters. The van der Waals surface area contributed by atoms with Gasteiger partial charge >= 0.3 is 0 Å². The molecule has 0 aromatic heterocycles. The van der Waals surface area contributed by atoms with E-state index in [1.54, 1.807) is 7.11 Å². The van der Waals surface area contributed by atoms with Crippen LogP contribution in [0.15, 0.2) is 48.5 Å². The first kappa shape index (κ1) is 14.9. The summed E-state index contributed by atoms with van der Waals surface area (Å²) in [6.07, 6.45) is 1.02. The van der Waals surface area contributed by atoms with Crippen molar-refractivity contribution in [2.75, 3.05) is 7.11 Å². The van der Waals surface area contributed by atoms with E-state index in [1.807, 2.05) is 24.3 Å². The van der Waals surface area contributed by atoms with Gasteiger partial charge in [0, 0.05) is 12.6 Å². The van der Waals surface area contributed by atoms with Crippen LogP contribution in [-0.2, 0) is 13.0 Å². The van der Waals surface area contributed by atoms with E-state index >= 15 is 0 Å². The minimum absolute atomic E-state index is 0.415. The first-order chi connectivity index (χ1) is 9.69. The molecule has 0 saturated carbocycles. The molecule has 0 fully saturated rings. The normalized spacial score (nSPS) is 12.2. The molecular formula is C17H20ClNO. The number of nitrogens with one attached hydrogen (secondary N) is 1. The van der Waals surface area contributed by atoms with Gasteiger partial charge in [-0.2, -0.15) is 0 Å². The molecule has 20 heavy (non-hydrogen) atoms. The van der Waals surface area contributed by atoms with E-state index in [0.717, 1.165) is 18.5 Å². The maximum Gasteiger partial charge on any atom is 0.137 e. The molecular weight excluding hydrogens is 270 g/mol. The van der Waals surface area contributed by atoms with Gasteiger partial charge in [-0.3, -0.25) is 0 Å². The standard InChI is InChI=1S/C17H20ClNO/c1-13(10-14-6-4-3-5-7-14)19-12-15-8-9-17(20-2)16(18)11-15/h3-9,11,13,19H,10,12H2,1-2H3. The Labute approximate surface area is 125 Å². The van der Waals surface area contributed by atoms with Gasteiger partial charge in [-0.25, -0.2) is 0 Å². The Bertz CT molecular complexity index is 542. The summed E-state index contributed by atoms with van der Waals surface area (Å²) >= 11 is 6.12. The molecule has 0 heterocycles. The van der Waals surface area contributed by atoms with Gasteiger partial charge in [0.2, 0.25) is 0 Å². The zero-order valence-electron chi connectivity index (χ0n) is 11.9. The Morgan fingerprint density at radius 1 is 1.10 bits per heavy atom. The monoisotopic (exact) mass is 289 g/mol. The summed E-state index contributed by atoms with van der Waals surface area (Å²) in [4.78, 5) is 0. The highest BCUT2D eigenvalue weighted by atomic mass is 35.5. The van der Waals surface area contributed by atoms with Crippen molar-refractivity contribution in [1.82, 2.24) is 5.32 Å². The minimum atomic E-state index is 0.415. The summed E-state index contributed by atoms with van der Waals surface area (Å²) < 4.78 is 5.15. The van der Waals surface area contributed by atoms with E-state index in [1.165, 1.54) is 5.56 Å². The molecule has 0 saturated heterocycles. The van der Waals surface area contributed by atoms with Gasteiger partial charge < -0.3 is 10.1 Å². The Morgan fingerprint density at radius 3 is 2.50 bits per heavy atom. The average Bonchev–Trinajstić information content (AvgIpc) is 2.46. The summed E-state index contributed by atoms with van der Waals surface area (Å²) in [6.45, 7) is 3.00. The number of ether oxygens (including phenoxy) is 1. The smallest absolute Gasteiger partial charge is 0.137 e. The molecule has 1 N–H and O–H groups in total. The van der Waals surface area contributed by atoms with Gasteiger partial charge in [0.1, 0.15) is 5.75 Å². The van der Waals surface area contributed by atoms with Crippen molar-refractivity contribution in [3.8, 4) is 5.75 Å². The second-order valence-corrected chi connectivity index (χ2v) is 5.35. The van der Waals surface area contributed by atoms with Crippen molar-refractivity contribution in [2.24, 2.45) is 0 Å². The van der Waals surface area contributed by atoms with Crippen LogP contribution in [0.25, 0.3) is 0 Å². The number of rotatable bonds is 6. The zero-order valence-corrected chi connectivity index (χ0v) is 12.7. The molecule has 1 unspecified atom stereocenters. The summed E-state index contributed by atoms with van der Waals surface area (Å²) in [7, 11) is 1.63. The van der Waals surface area contributed by atoms with Crippen LogP contribution in [0.3, 0.4) is 0 Å². The lowest BCUT2D eigenvalue weighted by molar-refractivity contribution is 0.414. The molecule has 2 aromatic carbocycles. The average molecular weight is 290 g/mol. The molecule has 0 bridgehead atoms. The SMILES string of the molecule is COc1ccc(CNC(C)Cc2ccccc2)cc1Cl. The fraction of sp³-hybridized carbons (Fsp3) is 0.294. The predicted molar refractivity (Wildman–Crippen MR) is 84.5 cm³/mol. The first-order valence-corrected chi connectivity index (χ1v) is 7.16. The van der Waals surface area contributed by atoms with Gasteiger partial charge in [0.15, 0.2) is 0 Å². The molecule has 0 aliphatic rings. The second kappa shape index (κ2) is 7.32. The highest BCUT2D eigenvalue weighted by Crippen LogP contribution is 2.24. The van der Waals surface area contributed by atoms with Crippen LogP contribution in [0.4, 0.5) is 0 Å². The van der Waals surface area contributed by atoms with Crippen molar-refractivity contribution < 1.29 is 4.74 Å². The number of methoxy groups -OCH3 is 1. The molecule has 2 rings (SSSR count). The predicted octanol–water partition coefficient (Wildman–Crippen LogP) is 4.07. The minimum Gasteiger partial charge on any atom is -0.495 e. The molecule has 2 aromatic rings.